The molecular weight excluding hydrogens is 226 g/mol. The summed E-state index contributed by atoms with van der Waals surface area (Å²) in [5.74, 6) is 1.11. The maximum Gasteiger partial charge on any atom is 0.235 e. The normalized spacial score (nSPS) is 10.4. The molecule has 1 aromatic carbocycles. The molecule has 4 nitrogen and oxygen atoms in total. The van der Waals surface area contributed by atoms with E-state index in [0.717, 1.165) is 11.3 Å². The van der Waals surface area contributed by atoms with Gasteiger partial charge < -0.3 is 9.73 Å². The van der Waals surface area contributed by atoms with E-state index in [1.54, 1.807) is 6.92 Å². The number of rotatable bonds is 3. The molecule has 16 heavy (non-hydrogen) atoms. The molecule has 0 fully saturated rings. The van der Waals surface area contributed by atoms with Crippen molar-refractivity contribution in [3.63, 3.8) is 0 Å². The standard InChI is InChI=1S/C11H12ClN3O/c1-7-3-4-10(9(12)5-7)13-6-11-15-14-8(2)16-11/h3-5,13H,6H2,1-2H3. The Balaban J connectivity index is 2.04. The van der Waals surface area contributed by atoms with Crippen molar-refractivity contribution in [2.24, 2.45) is 0 Å². The van der Waals surface area contributed by atoms with Crippen LogP contribution in [-0.4, -0.2) is 10.2 Å². The van der Waals surface area contributed by atoms with Crippen molar-refractivity contribution in [2.75, 3.05) is 5.32 Å². The van der Waals surface area contributed by atoms with Gasteiger partial charge >= 0.3 is 0 Å². The number of aromatic nitrogens is 2. The summed E-state index contributed by atoms with van der Waals surface area (Å²) in [6.07, 6.45) is 0. The largest absolute Gasteiger partial charge is 0.424 e. The van der Waals surface area contributed by atoms with Gasteiger partial charge in [0.2, 0.25) is 11.8 Å². The van der Waals surface area contributed by atoms with Gasteiger partial charge in [0.15, 0.2) is 0 Å². The molecule has 0 atom stereocenters. The first-order valence-electron chi connectivity index (χ1n) is 4.94. The highest BCUT2D eigenvalue weighted by molar-refractivity contribution is 6.33. The van der Waals surface area contributed by atoms with Crippen LogP contribution in [0, 0.1) is 13.8 Å². The molecule has 1 N–H and O–H groups in total. The van der Waals surface area contributed by atoms with Crippen molar-refractivity contribution in [1.82, 2.24) is 10.2 Å². The monoisotopic (exact) mass is 237 g/mol. The van der Waals surface area contributed by atoms with E-state index >= 15 is 0 Å². The van der Waals surface area contributed by atoms with Gasteiger partial charge in [-0.15, -0.1) is 10.2 Å². The molecule has 0 aliphatic heterocycles. The number of hydrogen-bond acceptors (Lipinski definition) is 4. The second-order valence-corrected chi connectivity index (χ2v) is 3.96. The lowest BCUT2D eigenvalue weighted by Gasteiger charge is -2.06. The third-order valence-electron chi connectivity index (χ3n) is 2.12. The second kappa shape index (κ2) is 4.53. The Labute approximate surface area is 98.6 Å². The van der Waals surface area contributed by atoms with E-state index in [0.29, 0.717) is 23.3 Å². The van der Waals surface area contributed by atoms with Crippen LogP contribution in [0.3, 0.4) is 0 Å². The van der Waals surface area contributed by atoms with Crippen LogP contribution in [0.4, 0.5) is 5.69 Å². The molecule has 0 aliphatic carbocycles. The molecule has 1 aromatic heterocycles. The minimum Gasteiger partial charge on any atom is -0.424 e. The van der Waals surface area contributed by atoms with Crippen LogP contribution in [0.5, 0.6) is 0 Å². The lowest BCUT2D eigenvalue weighted by Crippen LogP contribution is -2.00. The molecule has 2 rings (SSSR count). The van der Waals surface area contributed by atoms with Crippen LogP contribution in [0.2, 0.25) is 5.02 Å². The average Bonchev–Trinajstić information content (AvgIpc) is 2.63. The number of anilines is 1. The Bertz CT molecular complexity index is 496. The number of hydrogen-bond donors (Lipinski definition) is 1. The smallest absolute Gasteiger partial charge is 0.235 e. The third-order valence-corrected chi connectivity index (χ3v) is 2.44. The summed E-state index contributed by atoms with van der Waals surface area (Å²) in [6.45, 7) is 4.23. The summed E-state index contributed by atoms with van der Waals surface area (Å²) in [5, 5.41) is 11.5. The Hall–Kier alpha value is -1.55. The van der Waals surface area contributed by atoms with Gasteiger partial charge in [-0.1, -0.05) is 17.7 Å². The number of benzene rings is 1. The van der Waals surface area contributed by atoms with Gasteiger partial charge in [-0.25, -0.2) is 0 Å². The van der Waals surface area contributed by atoms with Crippen LogP contribution in [0.15, 0.2) is 22.6 Å². The van der Waals surface area contributed by atoms with E-state index in [2.05, 4.69) is 15.5 Å². The Morgan fingerprint density at radius 2 is 2.12 bits per heavy atom. The third kappa shape index (κ3) is 2.52. The first-order valence-corrected chi connectivity index (χ1v) is 5.32. The van der Waals surface area contributed by atoms with Crippen molar-refractivity contribution >= 4 is 17.3 Å². The van der Waals surface area contributed by atoms with Gasteiger partial charge in [0.05, 0.1) is 17.3 Å². The molecule has 0 amide bonds. The first-order chi connectivity index (χ1) is 7.65. The minimum atomic E-state index is 0.476. The van der Waals surface area contributed by atoms with Crippen LogP contribution in [0.1, 0.15) is 17.3 Å². The van der Waals surface area contributed by atoms with Crippen molar-refractivity contribution in [3.8, 4) is 0 Å². The molecule has 0 unspecified atom stereocenters. The SMILES string of the molecule is Cc1ccc(NCc2nnc(C)o2)c(Cl)c1. The summed E-state index contributed by atoms with van der Waals surface area (Å²) in [6, 6.07) is 5.83. The molecule has 2 aromatic rings. The quantitative estimate of drug-likeness (QED) is 0.892. The summed E-state index contributed by atoms with van der Waals surface area (Å²) in [4.78, 5) is 0. The van der Waals surface area contributed by atoms with Crippen LogP contribution in [-0.2, 0) is 6.54 Å². The first kappa shape index (κ1) is 11.0. The molecule has 0 saturated carbocycles. The van der Waals surface area contributed by atoms with Crippen LogP contribution < -0.4 is 5.32 Å². The van der Waals surface area contributed by atoms with Crippen molar-refractivity contribution in [2.45, 2.75) is 20.4 Å². The Morgan fingerprint density at radius 1 is 1.31 bits per heavy atom. The summed E-state index contributed by atoms with van der Waals surface area (Å²) >= 11 is 6.07. The molecule has 0 radical (unpaired) electrons. The number of nitrogens with one attached hydrogen (secondary N) is 1. The van der Waals surface area contributed by atoms with E-state index in [-0.39, 0.29) is 0 Å². The molecule has 0 saturated heterocycles. The zero-order chi connectivity index (χ0) is 11.5. The van der Waals surface area contributed by atoms with Gasteiger partial charge in [0, 0.05) is 6.92 Å². The highest BCUT2D eigenvalue weighted by atomic mass is 35.5. The predicted octanol–water partition coefficient (Wildman–Crippen LogP) is 2.95. The lowest BCUT2D eigenvalue weighted by atomic mass is 10.2. The highest BCUT2D eigenvalue weighted by Gasteiger charge is 2.04. The van der Waals surface area contributed by atoms with Gasteiger partial charge in [-0.2, -0.15) is 0 Å². The average molecular weight is 238 g/mol. The summed E-state index contributed by atoms with van der Waals surface area (Å²) in [5.41, 5.74) is 1.99. The van der Waals surface area contributed by atoms with Crippen molar-refractivity contribution < 1.29 is 4.42 Å². The van der Waals surface area contributed by atoms with Crippen LogP contribution in [0.25, 0.3) is 0 Å². The van der Waals surface area contributed by atoms with Gasteiger partial charge in [0.1, 0.15) is 0 Å². The molecule has 5 heteroatoms. The van der Waals surface area contributed by atoms with Crippen molar-refractivity contribution in [1.29, 1.82) is 0 Å². The fourth-order valence-electron chi connectivity index (χ4n) is 1.34. The van der Waals surface area contributed by atoms with Crippen LogP contribution >= 0.6 is 11.6 Å². The Morgan fingerprint density at radius 3 is 2.75 bits per heavy atom. The van der Waals surface area contributed by atoms with E-state index in [1.165, 1.54) is 0 Å². The van der Waals surface area contributed by atoms with E-state index in [4.69, 9.17) is 16.0 Å². The fourth-order valence-corrected chi connectivity index (χ4v) is 1.65. The maximum atomic E-state index is 6.07. The van der Waals surface area contributed by atoms with Crippen molar-refractivity contribution in [3.05, 3.63) is 40.6 Å². The molecule has 0 bridgehead atoms. The highest BCUT2D eigenvalue weighted by Crippen LogP contribution is 2.23. The molecule has 0 aliphatic rings. The number of aryl methyl sites for hydroxylation is 2. The summed E-state index contributed by atoms with van der Waals surface area (Å²) in [7, 11) is 0. The number of halogens is 1. The predicted molar refractivity (Wildman–Crippen MR) is 62.6 cm³/mol. The van der Waals surface area contributed by atoms with Gasteiger partial charge in [-0.05, 0) is 24.6 Å². The maximum absolute atomic E-state index is 6.07. The van der Waals surface area contributed by atoms with E-state index in [1.807, 2.05) is 25.1 Å². The second-order valence-electron chi connectivity index (χ2n) is 3.55. The minimum absolute atomic E-state index is 0.476. The fraction of sp³-hybridized carbons (Fsp3) is 0.273. The number of nitrogens with zero attached hydrogens (tertiary/aromatic N) is 2. The Kier molecular flexibility index (Phi) is 3.10. The molecular formula is C11H12ClN3O. The molecule has 0 spiro atoms. The molecule has 84 valence electrons. The van der Waals surface area contributed by atoms with E-state index < -0.39 is 0 Å². The topological polar surface area (TPSA) is 51.0 Å². The zero-order valence-electron chi connectivity index (χ0n) is 9.12. The lowest BCUT2D eigenvalue weighted by molar-refractivity contribution is 0.475. The summed E-state index contributed by atoms with van der Waals surface area (Å²) < 4.78 is 5.24. The van der Waals surface area contributed by atoms with E-state index in [9.17, 15) is 0 Å². The zero-order valence-corrected chi connectivity index (χ0v) is 9.88. The van der Waals surface area contributed by atoms with Gasteiger partial charge in [-0.3, -0.25) is 0 Å². The van der Waals surface area contributed by atoms with Gasteiger partial charge in [0.25, 0.3) is 0 Å². The molecule has 1 heterocycles.